The van der Waals surface area contributed by atoms with E-state index in [4.69, 9.17) is 0 Å². The maximum atomic E-state index is 13.9. The van der Waals surface area contributed by atoms with Crippen molar-refractivity contribution in [2.45, 2.75) is 64.0 Å². The van der Waals surface area contributed by atoms with Gasteiger partial charge in [0, 0.05) is 35.1 Å². The standard InChI is InChI=1S/C29H36N2O/c1-5-7-20-31-25-17-12-11-16-23(25)24-18-19-29(30(3)4,21-22-14-9-8-10-15-22)27(28(24)31)26(32)13-6-2/h8-12,14-19,27H,5-7,13,20-21H2,1-4H3. The van der Waals surface area contributed by atoms with Crippen LogP contribution >= 0.6 is 0 Å². The number of carbonyl (C=O) groups excluding carboxylic acids is 1. The van der Waals surface area contributed by atoms with Crippen molar-refractivity contribution in [1.82, 2.24) is 9.47 Å². The molecule has 0 N–H and O–H groups in total. The number of rotatable bonds is 9. The van der Waals surface area contributed by atoms with Gasteiger partial charge in [0.15, 0.2) is 0 Å². The van der Waals surface area contributed by atoms with Gasteiger partial charge >= 0.3 is 0 Å². The number of nitrogens with zero attached hydrogens (tertiary/aromatic N) is 2. The number of likely N-dealkylation sites (N-methyl/N-ethyl adjacent to an activating group) is 1. The first-order valence-electron chi connectivity index (χ1n) is 12.1. The van der Waals surface area contributed by atoms with Gasteiger partial charge in [-0.25, -0.2) is 0 Å². The molecule has 1 aromatic heterocycles. The van der Waals surface area contributed by atoms with E-state index in [1.165, 1.54) is 27.7 Å². The van der Waals surface area contributed by atoms with Gasteiger partial charge in [-0.1, -0.05) is 81.0 Å². The maximum absolute atomic E-state index is 13.9. The molecule has 2 aromatic carbocycles. The van der Waals surface area contributed by atoms with Crippen molar-refractivity contribution in [2.24, 2.45) is 0 Å². The molecule has 0 bridgehead atoms. The summed E-state index contributed by atoms with van der Waals surface area (Å²) in [7, 11) is 4.26. The van der Waals surface area contributed by atoms with Crippen molar-refractivity contribution in [3.63, 3.8) is 0 Å². The highest BCUT2D eigenvalue weighted by Crippen LogP contribution is 2.47. The number of Topliss-reactive ketones (excluding diaryl/α,β-unsaturated/α-hetero) is 1. The second-order valence-corrected chi connectivity index (χ2v) is 9.35. The number of unbranched alkanes of at least 4 members (excludes halogenated alkanes) is 1. The number of aryl methyl sites for hydroxylation is 1. The zero-order valence-electron chi connectivity index (χ0n) is 20.0. The van der Waals surface area contributed by atoms with Crippen LogP contribution < -0.4 is 0 Å². The zero-order chi connectivity index (χ0) is 22.7. The van der Waals surface area contributed by atoms with Crippen molar-refractivity contribution in [3.05, 3.63) is 77.5 Å². The Morgan fingerprint density at radius 2 is 1.72 bits per heavy atom. The van der Waals surface area contributed by atoms with Crippen LogP contribution in [0.4, 0.5) is 0 Å². The van der Waals surface area contributed by atoms with Gasteiger partial charge in [0.05, 0.1) is 11.5 Å². The summed E-state index contributed by atoms with van der Waals surface area (Å²) in [5, 5.41) is 1.26. The Kier molecular flexibility index (Phi) is 6.66. The normalized spacial score (nSPS) is 20.1. The molecule has 0 aliphatic heterocycles. The van der Waals surface area contributed by atoms with Crippen LogP contribution in [-0.4, -0.2) is 34.9 Å². The second-order valence-electron chi connectivity index (χ2n) is 9.35. The van der Waals surface area contributed by atoms with Gasteiger partial charge in [0.2, 0.25) is 0 Å². The maximum Gasteiger partial charge on any atom is 0.144 e. The molecule has 168 valence electrons. The van der Waals surface area contributed by atoms with Gasteiger partial charge in [-0.2, -0.15) is 0 Å². The lowest BCUT2D eigenvalue weighted by Gasteiger charge is -2.46. The summed E-state index contributed by atoms with van der Waals surface area (Å²) in [4.78, 5) is 16.2. The molecule has 0 spiro atoms. The molecule has 1 aliphatic carbocycles. The van der Waals surface area contributed by atoms with Crippen molar-refractivity contribution in [3.8, 4) is 0 Å². The first kappa shape index (κ1) is 22.5. The number of benzene rings is 2. The molecule has 0 saturated heterocycles. The largest absolute Gasteiger partial charge is 0.343 e. The van der Waals surface area contributed by atoms with Gasteiger partial charge in [-0.15, -0.1) is 0 Å². The Morgan fingerprint density at radius 1 is 1.00 bits per heavy atom. The van der Waals surface area contributed by atoms with E-state index in [9.17, 15) is 4.79 Å². The lowest BCUT2D eigenvalue weighted by molar-refractivity contribution is -0.123. The highest BCUT2D eigenvalue weighted by Gasteiger charge is 2.48. The number of hydrogen-bond acceptors (Lipinski definition) is 2. The average Bonchev–Trinajstić information content (AvgIpc) is 3.11. The van der Waals surface area contributed by atoms with E-state index in [0.29, 0.717) is 12.2 Å². The van der Waals surface area contributed by atoms with Gasteiger partial charge in [-0.05, 0) is 45.0 Å². The van der Waals surface area contributed by atoms with E-state index in [2.05, 4.69) is 104 Å². The molecule has 0 radical (unpaired) electrons. The van der Waals surface area contributed by atoms with E-state index in [-0.39, 0.29) is 11.5 Å². The zero-order valence-corrected chi connectivity index (χ0v) is 20.0. The minimum absolute atomic E-state index is 0.193. The smallest absolute Gasteiger partial charge is 0.144 e. The van der Waals surface area contributed by atoms with Crippen molar-refractivity contribution >= 4 is 22.8 Å². The quantitative estimate of drug-likeness (QED) is 0.390. The summed E-state index contributed by atoms with van der Waals surface area (Å²) >= 11 is 0. The molecule has 32 heavy (non-hydrogen) atoms. The lowest BCUT2D eigenvalue weighted by atomic mass is 9.69. The predicted octanol–water partition coefficient (Wildman–Crippen LogP) is 6.46. The Hall–Kier alpha value is -2.65. The van der Waals surface area contributed by atoms with E-state index in [1.807, 2.05) is 0 Å². The topological polar surface area (TPSA) is 25.2 Å². The summed E-state index contributed by atoms with van der Waals surface area (Å²) in [6.07, 6.45) is 9.14. The molecular formula is C29H36N2O. The fraction of sp³-hybridized carbons (Fsp3) is 0.414. The molecule has 0 saturated carbocycles. The summed E-state index contributed by atoms with van der Waals surface area (Å²) in [5.74, 6) is 0.158. The van der Waals surface area contributed by atoms with E-state index in [1.54, 1.807) is 0 Å². The molecule has 1 heterocycles. The average molecular weight is 429 g/mol. The molecule has 1 aliphatic rings. The van der Waals surface area contributed by atoms with Crippen molar-refractivity contribution < 1.29 is 4.79 Å². The molecule has 2 atom stereocenters. The van der Waals surface area contributed by atoms with Gasteiger partial charge in [0.25, 0.3) is 0 Å². The van der Waals surface area contributed by atoms with E-state index >= 15 is 0 Å². The number of ketones is 1. The van der Waals surface area contributed by atoms with E-state index in [0.717, 1.165) is 32.2 Å². The summed E-state index contributed by atoms with van der Waals surface area (Å²) < 4.78 is 2.46. The van der Waals surface area contributed by atoms with Gasteiger partial charge in [0.1, 0.15) is 5.78 Å². The van der Waals surface area contributed by atoms with Crippen molar-refractivity contribution in [2.75, 3.05) is 14.1 Å². The molecule has 4 rings (SSSR count). The minimum Gasteiger partial charge on any atom is -0.343 e. The van der Waals surface area contributed by atoms with Crippen LogP contribution in [0.3, 0.4) is 0 Å². The highest BCUT2D eigenvalue weighted by atomic mass is 16.1. The third kappa shape index (κ3) is 3.84. The number of carbonyl (C=O) groups is 1. The van der Waals surface area contributed by atoms with Crippen LogP contribution in [0.15, 0.2) is 60.7 Å². The van der Waals surface area contributed by atoms with Crippen LogP contribution in [-0.2, 0) is 17.8 Å². The Balaban J connectivity index is 1.97. The van der Waals surface area contributed by atoms with Gasteiger partial charge < -0.3 is 4.57 Å². The molecule has 2 unspecified atom stereocenters. The third-order valence-corrected chi connectivity index (χ3v) is 7.08. The minimum atomic E-state index is -0.390. The molecule has 3 aromatic rings. The number of para-hydroxylation sites is 1. The number of fused-ring (bicyclic) bond motifs is 3. The van der Waals surface area contributed by atoms with Crippen LogP contribution in [0.1, 0.15) is 62.3 Å². The summed E-state index contributed by atoms with van der Waals surface area (Å²) in [6.45, 7) is 5.29. The second kappa shape index (κ2) is 9.46. The molecule has 0 fully saturated rings. The Morgan fingerprint density at radius 3 is 2.41 bits per heavy atom. The van der Waals surface area contributed by atoms with Crippen LogP contribution in [0.2, 0.25) is 0 Å². The fourth-order valence-corrected chi connectivity index (χ4v) is 5.43. The Labute approximate surface area is 192 Å². The summed E-state index contributed by atoms with van der Waals surface area (Å²) in [5.41, 5.74) is 4.57. The molecular weight excluding hydrogens is 392 g/mol. The highest BCUT2D eigenvalue weighted by molar-refractivity contribution is 5.98. The monoisotopic (exact) mass is 428 g/mol. The van der Waals surface area contributed by atoms with E-state index < -0.39 is 0 Å². The first-order valence-corrected chi connectivity index (χ1v) is 12.1. The van der Waals surface area contributed by atoms with Crippen molar-refractivity contribution in [1.29, 1.82) is 0 Å². The van der Waals surface area contributed by atoms with Gasteiger partial charge in [-0.3, -0.25) is 9.69 Å². The first-order chi connectivity index (χ1) is 15.5. The molecule has 3 heteroatoms. The molecule has 3 nitrogen and oxygen atoms in total. The lowest BCUT2D eigenvalue weighted by Crippen LogP contribution is -2.53. The van der Waals surface area contributed by atoms with Crippen LogP contribution in [0.25, 0.3) is 17.0 Å². The third-order valence-electron chi connectivity index (χ3n) is 7.08. The number of hydrogen-bond donors (Lipinski definition) is 0. The van der Waals surface area contributed by atoms with Crippen LogP contribution in [0, 0.1) is 0 Å². The Bertz CT molecular complexity index is 1110. The summed E-state index contributed by atoms with van der Waals surface area (Å²) in [6, 6.07) is 19.3. The predicted molar refractivity (Wildman–Crippen MR) is 135 cm³/mol. The number of aromatic nitrogens is 1. The molecule has 0 amide bonds. The van der Waals surface area contributed by atoms with Crippen LogP contribution in [0.5, 0.6) is 0 Å². The SMILES string of the molecule is CCCCn1c2c(c3ccccc31)C=CC(Cc1ccccc1)(N(C)C)C2C(=O)CCC. The fourth-order valence-electron chi connectivity index (χ4n) is 5.43.